The van der Waals surface area contributed by atoms with Crippen molar-refractivity contribution in [3.8, 4) is 11.4 Å². The second kappa shape index (κ2) is 6.03. The zero-order valence-electron chi connectivity index (χ0n) is 10.9. The third-order valence-corrected chi connectivity index (χ3v) is 3.39. The standard InChI is InChI=1S/C15H11ClN4S/c16-13-8-6-12(7-9-13)14-18-19-15(21)20(14)17-10-11-4-2-1-3-5-11/h1-10H,(H,19,21)/b17-10-. The normalized spacial score (nSPS) is 11.1. The molecule has 3 rings (SSSR count). The van der Waals surface area contributed by atoms with E-state index in [1.807, 2.05) is 42.5 Å². The van der Waals surface area contributed by atoms with Gasteiger partial charge in [-0.2, -0.15) is 14.9 Å². The molecule has 21 heavy (non-hydrogen) atoms. The molecular weight excluding hydrogens is 304 g/mol. The lowest BCUT2D eigenvalue weighted by molar-refractivity contribution is 0.871. The number of nitrogens with one attached hydrogen (secondary N) is 1. The molecule has 3 aromatic rings. The minimum absolute atomic E-state index is 0.437. The van der Waals surface area contributed by atoms with Crippen LogP contribution in [0.5, 0.6) is 0 Å². The van der Waals surface area contributed by atoms with Crippen molar-refractivity contribution in [3.63, 3.8) is 0 Å². The molecule has 1 aromatic heterocycles. The SMILES string of the molecule is S=c1[nH]nc(-c2ccc(Cl)cc2)n1/N=C\c1ccccc1. The number of aromatic nitrogens is 3. The van der Waals surface area contributed by atoms with Gasteiger partial charge in [-0.1, -0.05) is 41.9 Å². The van der Waals surface area contributed by atoms with E-state index in [1.54, 1.807) is 23.0 Å². The summed E-state index contributed by atoms with van der Waals surface area (Å²) in [6, 6.07) is 17.2. The van der Waals surface area contributed by atoms with E-state index in [1.165, 1.54) is 0 Å². The number of rotatable bonds is 3. The second-order valence-corrected chi connectivity index (χ2v) is 5.15. The Morgan fingerprint density at radius 3 is 2.52 bits per heavy atom. The van der Waals surface area contributed by atoms with Crippen molar-refractivity contribution >= 4 is 30.0 Å². The molecule has 1 N–H and O–H groups in total. The summed E-state index contributed by atoms with van der Waals surface area (Å²) in [5.41, 5.74) is 1.87. The largest absolute Gasteiger partial charge is 0.250 e. The minimum atomic E-state index is 0.437. The fraction of sp³-hybridized carbons (Fsp3) is 0. The highest BCUT2D eigenvalue weighted by molar-refractivity contribution is 7.71. The van der Waals surface area contributed by atoms with Crippen LogP contribution in [0.15, 0.2) is 59.7 Å². The molecule has 0 atom stereocenters. The van der Waals surface area contributed by atoms with Gasteiger partial charge in [-0.05, 0) is 42.0 Å². The van der Waals surface area contributed by atoms with Crippen LogP contribution < -0.4 is 0 Å². The molecule has 2 aromatic carbocycles. The summed E-state index contributed by atoms with van der Waals surface area (Å²) in [5.74, 6) is 0.642. The van der Waals surface area contributed by atoms with E-state index in [-0.39, 0.29) is 0 Å². The van der Waals surface area contributed by atoms with E-state index in [0.29, 0.717) is 15.6 Å². The number of nitrogens with zero attached hydrogens (tertiary/aromatic N) is 3. The van der Waals surface area contributed by atoms with Crippen LogP contribution >= 0.6 is 23.8 Å². The summed E-state index contributed by atoms with van der Waals surface area (Å²) in [5, 5.41) is 12.0. The van der Waals surface area contributed by atoms with Crippen LogP contribution in [0.2, 0.25) is 5.02 Å². The zero-order chi connectivity index (χ0) is 14.7. The first-order valence-corrected chi connectivity index (χ1v) is 7.05. The lowest BCUT2D eigenvalue weighted by Gasteiger charge is -2.01. The molecule has 0 aliphatic carbocycles. The van der Waals surface area contributed by atoms with Crippen LogP contribution in [0.1, 0.15) is 5.56 Å². The molecule has 0 bridgehead atoms. The van der Waals surface area contributed by atoms with Crippen LogP contribution in [0.25, 0.3) is 11.4 Å². The topological polar surface area (TPSA) is 46.0 Å². The maximum absolute atomic E-state index is 5.90. The molecule has 0 spiro atoms. The fourth-order valence-electron chi connectivity index (χ4n) is 1.85. The van der Waals surface area contributed by atoms with Crippen molar-refractivity contribution in [3.05, 3.63) is 70.0 Å². The van der Waals surface area contributed by atoms with Gasteiger partial charge in [0.2, 0.25) is 4.77 Å². The average Bonchev–Trinajstić information content (AvgIpc) is 2.88. The summed E-state index contributed by atoms with van der Waals surface area (Å²) in [4.78, 5) is 0. The fourth-order valence-corrected chi connectivity index (χ4v) is 2.15. The molecular formula is C15H11ClN4S. The molecule has 0 aliphatic heterocycles. The van der Waals surface area contributed by atoms with Gasteiger partial charge in [0.05, 0.1) is 6.21 Å². The molecule has 0 unspecified atom stereocenters. The average molecular weight is 315 g/mol. The van der Waals surface area contributed by atoms with Crippen molar-refractivity contribution in [2.45, 2.75) is 0 Å². The van der Waals surface area contributed by atoms with Gasteiger partial charge in [0.1, 0.15) is 0 Å². The first kappa shape index (κ1) is 13.7. The van der Waals surface area contributed by atoms with Crippen molar-refractivity contribution in [2.24, 2.45) is 5.10 Å². The van der Waals surface area contributed by atoms with Gasteiger partial charge in [0, 0.05) is 10.6 Å². The molecule has 0 saturated heterocycles. The first-order chi connectivity index (χ1) is 10.2. The van der Waals surface area contributed by atoms with E-state index in [0.717, 1.165) is 11.1 Å². The van der Waals surface area contributed by atoms with Crippen molar-refractivity contribution < 1.29 is 0 Å². The van der Waals surface area contributed by atoms with Gasteiger partial charge < -0.3 is 0 Å². The smallest absolute Gasteiger partial charge is 0.216 e. The second-order valence-electron chi connectivity index (χ2n) is 4.33. The van der Waals surface area contributed by atoms with E-state index in [9.17, 15) is 0 Å². The summed E-state index contributed by atoms with van der Waals surface area (Å²) in [6.07, 6.45) is 1.74. The Morgan fingerprint density at radius 1 is 1.10 bits per heavy atom. The van der Waals surface area contributed by atoms with Crippen LogP contribution in [0.3, 0.4) is 0 Å². The maximum Gasteiger partial charge on any atom is 0.216 e. The lowest BCUT2D eigenvalue weighted by atomic mass is 10.2. The molecule has 104 valence electrons. The summed E-state index contributed by atoms with van der Waals surface area (Å²) in [7, 11) is 0. The van der Waals surface area contributed by atoms with Gasteiger partial charge in [0.15, 0.2) is 5.82 Å². The molecule has 0 amide bonds. The molecule has 0 aliphatic rings. The summed E-state index contributed by atoms with van der Waals surface area (Å²) in [6.45, 7) is 0. The predicted molar refractivity (Wildman–Crippen MR) is 87.3 cm³/mol. The van der Waals surface area contributed by atoms with Crippen molar-refractivity contribution in [1.82, 2.24) is 14.9 Å². The number of hydrogen-bond donors (Lipinski definition) is 1. The molecule has 6 heteroatoms. The van der Waals surface area contributed by atoms with E-state index in [4.69, 9.17) is 23.8 Å². The van der Waals surface area contributed by atoms with Gasteiger partial charge in [-0.3, -0.25) is 0 Å². The summed E-state index contributed by atoms with van der Waals surface area (Å²) >= 11 is 11.1. The Hall–Kier alpha value is -2.24. The van der Waals surface area contributed by atoms with Crippen LogP contribution in [-0.4, -0.2) is 21.1 Å². The maximum atomic E-state index is 5.90. The van der Waals surface area contributed by atoms with Crippen molar-refractivity contribution in [1.29, 1.82) is 0 Å². The Kier molecular flexibility index (Phi) is 3.94. The van der Waals surface area contributed by atoms with Crippen LogP contribution in [-0.2, 0) is 0 Å². The van der Waals surface area contributed by atoms with Gasteiger partial charge in [-0.25, -0.2) is 5.10 Å². The first-order valence-electron chi connectivity index (χ1n) is 6.27. The van der Waals surface area contributed by atoms with Crippen LogP contribution in [0, 0.1) is 4.77 Å². The molecule has 0 saturated carbocycles. The Labute approximate surface area is 131 Å². The number of benzene rings is 2. The Morgan fingerprint density at radius 2 is 1.81 bits per heavy atom. The Balaban J connectivity index is 2.00. The highest BCUT2D eigenvalue weighted by atomic mass is 35.5. The highest BCUT2D eigenvalue weighted by Crippen LogP contribution is 2.19. The summed E-state index contributed by atoms with van der Waals surface area (Å²) < 4.78 is 2.03. The third-order valence-electron chi connectivity index (χ3n) is 2.87. The predicted octanol–water partition coefficient (Wildman–Crippen LogP) is 4.14. The van der Waals surface area contributed by atoms with Gasteiger partial charge in [0.25, 0.3) is 0 Å². The van der Waals surface area contributed by atoms with Gasteiger partial charge in [-0.15, -0.1) is 0 Å². The van der Waals surface area contributed by atoms with E-state index < -0.39 is 0 Å². The molecule has 1 heterocycles. The van der Waals surface area contributed by atoms with E-state index >= 15 is 0 Å². The number of halogens is 1. The molecule has 4 nitrogen and oxygen atoms in total. The monoisotopic (exact) mass is 314 g/mol. The molecule has 0 fully saturated rings. The van der Waals surface area contributed by atoms with Crippen LogP contribution in [0.4, 0.5) is 0 Å². The van der Waals surface area contributed by atoms with E-state index in [2.05, 4.69) is 15.3 Å². The molecule has 0 radical (unpaired) electrons. The zero-order valence-corrected chi connectivity index (χ0v) is 12.5. The quantitative estimate of drug-likeness (QED) is 0.583. The Bertz CT molecular complexity index is 819. The number of hydrogen-bond acceptors (Lipinski definition) is 3. The third kappa shape index (κ3) is 3.09. The lowest BCUT2D eigenvalue weighted by Crippen LogP contribution is -1.94. The van der Waals surface area contributed by atoms with Crippen molar-refractivity contribution in [2.75, 3.05) is 0 Å². The van der Waals surface area contributed by atoms with Gasteiger partial charge >= 0.3 is 0 Å². The highest BCUT2D eigenvalue weighted by Gasteiger charge is 2.07. The number of H-pyrrole nitrogens is 1. The minimum Gasteiger partial charge on any atom is -0.250 e. The number of aromatic amines is 1.